The van der Waals surface area contributed by atoms with Gasteiger partial charge in [-0.3, -0.25) is 14.5 Å². The van der Waals surface area contributed by atoms with Gasteiger partial charge in [0.2, 0.25) is 0 Å². The maximum atomic E-state index is 12.8. The van der Waals surface area contributed by atoms with Crippen molar-refractivity contribution in [2.45, 2.75) is 6.42 Å². The number of hydrogen-bond acceptors (Lipinski definition) is 3. The average molecular weight is 355 g/mol. The van der Waals surface area contributed by atoms with Crippen LogP contribution in [0.25, 0.3) is 0 Å². The summed E-state index contributed by atoms with van der Waals surface area (Å²) in [6.45, 7) is 0.663. The zero-order valence-corrected chi connectivity index (χ0v) is 14.0. The Kier molecular flexibility index (Phi) is 5.26. The normalized spacial score (nSPS) is 12.9. The molecule has 2 N–H and O–H groups in total. The monoisotopic (exact) mass is 355 g/mol. The van der Waals surface area contributed by atoms with Crippen LogP contribution >= 0.6 is 0 Å². The number of urea groups is 1. The molecule has 0 radical (unpaired) electrons. The van der Waals surface area contributed by atoms with E-state index in [2.05, 4.69) is 10.6 Å². The van der Waals surface area contributed by atoms with Crippen LogP contribution in [-0.4, -0.2) is 42.4 Å². The predicted molar refractivity (Wildman–Crippen MR) is 93.3 cm³/mol. The molecule has 0 fully saturated rings. The molecular formula is C19H18FN3O3. The van der Waals surface area contributed by atoms with E-state index in [1.807, 2.05) is 0 Å². The number of benzene rings is 2. The van der Waals surface area contributed by atoms with Gasteiger partial charge in [-0.15, -0.1) is 0 Å². The highest BCUT2D eigenvalue weighted by molar-refractivity contribution is 6.21. The highest BCUT2D eigenvalue weighted by Gasteiger charge is 2.34. The van der Waals surface area contributed by atoms with Crippen molar-refractivity contribution in [1.82, 2.24) is 15.5 Å². The van der Waals surface area contributed by atoms with Gasteiger partial charge in [0.15, 0.2) is 0 Å². The Morgan fingerprint density at radius 2 is 1.46 bits per heavy atom. The fourth-order valence-corrected chi connectivity index (χ4v) is 2.76. The van der Waals surface area contributed by atoms with Gasteiger partial charge < -0.3 is 10.6 Å². The van der Waals surface area contributed by atoms with Crippen molar-refractivity contribution in [2.24, 2.45) is 0 Å². The molecule has 0 spiro atoms. The van der Waals surface area contributed by atoms with E-state index >= 15 is 0 Å². The standard InChI is InChI=1S/C19H18FN3O3/c20-14-7-5-13(6-8-14)9-10-21-19(26)22-11-12-23-17(24)15-3-1-2-4-16(15)18(23)25/h1-8H,9-12H2,(H2,21,22,26). The van der Waals surface area contributed by atoms with E-state index in [9.17, 15) is 18.8 Å². The van der Waals surface area contributed by atoms with Gasteiger partial charge in [0.25, 0.3) is 11.8 Å². The number of fused-ring (bicyclic) bond motifs is 1. The van der Waals surface area contributed by atoms with Crippen molar-refractivity contribution < 1.29 is 18.8 Å². The van der Waals surface area contributed by atoms with Crippen LogP contribution in [0.1, 0.15) is 26.3 Å². The first-order valence-electron chi connectivity index (χ1n) is 8.27. The predicted octanol–water partition coefficient (Wildman–Crippen LogP) is 1.96. The molecular weight excluding hydrogens is 337 g/mol. The molecule has 0 bridgehead atoms. The molecule has 3 rings (SSSR count). The molecule has 1 aliphatic rings. The first-order chi connectivity index (χ1) is 12.6. The topological polar surface area (TPSA) is 78.5 Å². The summed E-state index contributed by atoms with van der Waals surface area (Å²) in [5, 5.41) is 5.30. The van der Waals surface area contributed by atoms with Gasteiger partial charge in [-0.05, 0) is 36.2 Å². The number of imide groups is 1. The lowest BCUT2D eigenvalue weighted by Crippen LogP contribution is -2.42. The van der Waals surface area contributed by atoms with Crippen molar-refractivity contribution in [3.8, 4) is 0 Å². The van der Waals surface area contributed by atoms with E-state index in [-0.39, 0.29) is 36.8 Å². The number of rotatable bonds is 6. The van der Waals surface area contributed by atoms with Gasteiger partial charge in [0, 0.05) is 19.6 Å². The minimum atomic E-state index is -0.385. The van der Waals surface area contributed by atoms with Gasteiger partial charge in [-0.1, -0.05) is 24.3 Å². The molecule has 0 aromatic heterocycles. The summed E-state index contributed by atoms with van der Waals surface area (Å²) in [5.74, 6) is -0.985. The first-order valence-corrected chi connectivity index (χ1v) is 8.27. The fraction of sp³-hybridized carbons (Fsp3) is 0.211. The maximum absolute atomic E-state index is 12.8. The number of nitrogens with zero attached hydrogens (tertiary/aromatic N) is 1. The largest absolute Gasteiger partial charge is 0.338 e. The maximum Gasteiger partial charge on any atom is 0.314 e. The Morgan fingerprint density at radius 1 is 0.885 bits per heavy atom. The Morgan fingerprint density at radius 3 is 2.08 bits per heavy atom. The third-order valence-electron chi connectivity index (χ3n) is 4.11. The summed E-state index contributed by atoms with van der Waals surface area (Å²) in [6.07, 6.45) is 0.576. The highest BCUT2D eigenvalue weighted by Crippen LogP contribution is 2.21. The lowest BCUT2D eigenvalue weighted by molar-refractivity contribution is 0.0656. The lowest BCUT2D eigenvalue weighted by Gasteiger charge is -2.14. The van der Waals surface area contributed by atoms with Gasteiger partial charge in [0.1, 0.15) is 5.82 Å². The number of halogens is 1. The molecule has 7 heteroatoms. The van der Waals surface area contributed by atoms with Crippen LogP contribution in [0.3, 0.4) is 0 Å². The van der Waals surface area contributed by atoms with Crippen molar-refractivity contribution in [1.29, 1.82) is 0 Å². The third-order valence-corrected chi connectivity index (χ3v) is 4.11. The van der Waals surface area contributed by atoms with E-state index in [0.29, 0.717) is 24.1 Å². The number of carbonyl (C=O) groups excluding carboxylic acids is 3. The van der Waals surface area contributed by atoms with Crippen molar-refractivity contribution >= 4 is 17.8 Å². The summed E-state index contributed by atoms with van der Waals surface area (Å²) in [5.41, 5.74) is 1.69. The Labute approximate surface area is 150 Å². The van der Waals surface area contributed by atoms with Crippen LogP contribution in [0.5, 0.6) is 0 Å². The van der Waals surface area contributed by atoms with Gasteiger partial charge >= 0.3 is 6.03 Å². The molecule has 134 valence electrons. The van der Waals surface area contributed by atoms with Crippen molar-refractivity contribution in [3.05, 3.63) is 71.0 Å². The molecule has 1 heterocycles. The molecule has 0 aliphatic carbocycles. The fourth-order valence-electron chi connectivity index (χ4n) is 2.76. The molecule has 6 nitrogen and oxygen atoms in total. The second-order valence-corrected chi connectivity index (χ2v) is 5.87. The quantitative estimate of drug-likeness (QED) is 0.778. The Hall–Kier alpha value is -3.22. The SMILES string of the molecule is O=C(NCCc1ccc(F)cc1)NCCN1C(=O)c2ccccc2C1=O. The third kappa shape index (κ3) is 3.88. The first kappa shape index (κ1) is 17.6. The van der Waals surface area contributed by atoms with E-state index in [0.717, 1.165) is 10.5 Å². The molecule has 0 atom stereocenters. The average Bonchev–Trinajstić information content (AvgIpc) is 2.89. The summed E-state index contributed by atoms with van der Waals surface area (Å²) in [7, 11) is 0. The second kappa shape index (κ2) is 7.77. The van der Waals surface area contributed by atoms with Crippen LogP contribution < -0.4 is 10.6 Å². The van der Waals surface area contributed by atoms with Gasteiger partial charge in [-0.2, -0.15) is 0 Å². The van der Waals surface area contributed by atoms with Crippen LogP contribution in [0, 0.1) is 5.82 Å². The van der Waals surface area contributed by atoms with Crippen LogP contribution in [0.15, 0.2) is 48.5 Å². The zero-order valence-electron chi connectivity index (χ0n) is 14.0. The van der Waals surface area contributed by atoms with E-state index in [1.54, 1.807) is 36.4 Å². The molecule has 4 amide bonds. The van der Waals surface area contributed by atoms with Gasteiger partial charge in [0.05, 0.1) is 11.1 Å². The smallest absolute Gasteiger partial charge is 0.314 e. The Bertz CT molecular complexity index is 801. The second-order valence-electron chi connectivity index (χ2n) is 5.87. The lowest BCUT2D eigenvalue weighted by atomic mass is 10.1. The van der Waals surface area contributed by atoms with Crippen LogP contribution in [0.2, 0.25) is 0 Å². The minimum absolute atomic E-state index is 0.109. The number of carbonyl (C=O) groups is 3. The summed E-state index contributed by atoms with van der Waals surface area (Å²) >= 11 is 0. The number of amides is 4. The van der Waals surface area contributed by atoms with Crippen molar-refractivity contribution in [3.63, 3.8) is 0 Å². The van der Waals surface area contributed by atoms with Gasteiger partial charge in [-0.25, -0.2) is 9.18 Å². The van der Waals surface area contributed by atoms with E-state index in [4.69, 9.17) is 0 Å². The van der Waals surface area contributed by atoms with Crippen LogP contribution in [-0.2, 0) is 6.42 Å². The molecule has 2 aromatic carbocycles. The van der Waals surface area contributed by atoms with E-state index in [1.165, 1.54) is 12.1 Å². The molecule has 0 saturated heterocycles. The van der Waals surface area contributed by atoms with Crippen LogP contribution in [0.4, 0.5) is 9.18 Å². The molecule has 26 heavy (non-hydrogen) atoms. The zero-order chi connectivity index (χ0) is 18.5. The molecule has 0 unspecified atom stereocenters. The highest BCUT2D eigenvalue weighted by atomic mass is 19.1. The minimum Gasteiger partial charge on any atom is -0.338 e. The van der Waals surface area contributed by atoms with Crippen molar-refractivity contribution in [2.75, 3.05) is 19.6 Å². The molecule has 1 aliphatic heterocycles. The number of nitrogens with one attached hydrogen (secondary N) is 2. The molecule has 0 saturated carbocycles. The molecule has 2 aromatic rings. The summed E-state index contributed by atoms with van der Waals surface area (Å²) < 4.78 is 12.8. The van der Waals surface area contributed by atoms with E-state index < -0.39 is 0 Å². The Balaban J connectivity index is 1.40. The summed E-state index contributed by atoms with van der Waals surface area (Å²) in [6, 6.07) is 12.3. The summed E-state index contributed by atoms with van der Waals surface area (Å²) in [4.78, 5) is 37.3. The number of hydrogen-bond donors (Lipinski definition) is 2.